The predicted molar refractivity (Wildman–Crippen MR) is 76.2 cm³/mol. The number of carbonyl (C=O) groups excluding carboxylic acids is 2. The first-order valence-electron chi connectivity index (χ1n) is 7.80. The van der Waals surface area contributed by atoms with Gasteiger partial charge in [0.1, 0.15) is 0 Å². The summed E-state index contributed by atoms with van der Waals surface area (Å²) in [5.74, 6) is -0.0954. The van der Waals surface area contributed by atoms with Crippen LogP contribution in [0.2, 0.25) is 0 Å². The van der Waals surface area contributed by atoms with Crippen molar-refractivity contribution in [1.29, 1.82) is 0 Å². The zero-order chi connectivity index (χ0) is 14.4. The first kappa shape index (κ1) is 15.3. The molecule has 2 rings (SSSR count). The van der Waals surface area contributed by atoms with Crippen LogP contribution in [0.25, 0.3) is 0 Å². The Kier molecular flexibility index (Phi) is 5.83. The van der Waals surface area contributed by atoms with Crippen molar-refractivity contribution in [2.45, 2.75) is 51.0 Å². The van der Waals surface area contributed by atoms with Gasteiger partial charge in [-0.15, -0.1) is 0 Å². The zero-order valence-corrected chi connectivity index (χ0v) is 12.4. The summed E-state index contributed by atoms with van der Waals surface area (Å²) in [5.41, 5.74) is 0. The summed E-state index contributed by atoms with van der Waals surface area (Å²) in [5, 5.41) is 2.89. The van der Waals surface area contributed by atoms with Crippen molar-refractivity contribution in [3.63, 3.8) is 0 Å². The van der Waals surface area contributed by atoms with E-state index in [1.165, 1.54) is 19.3 Å². The first-order valence-corrected chi connectivity index (χ1v) is 7.80. The molecule has 1 saturated heterocycles. The molecule has 2 amide bonds. The van der Waals surface area contributed by atoms with E-state index in [4.69, 9.17) is 4.74 Å². The van der Waals surface area contributed by atoms with Gasteiger partial charge in [-0.3, -0.25) is 9.59 Å². The lowest BCUT2D eigenvalue weighted by Crippen LogP contribution is -2.42. The number of nitrogens with zero attached hydrogens (tertiary/aromatic N) is 1. The fourth-order valence-corrected chi connectivity index (χ4v) is 2.94. The molecular formula is C15H26N2O3. The van der Waals surface area contributed by atoms with Gasteiger partial charge in [-0.2, -0.15) is 0 Å². The second-order valence-electron chi connectivity index (χ2n) is 5.93. The topological polar surface area (TPSA) is 58.6 Å². The highest BCUT2D eigenvalue weighted by atomic mass is 16.5. The Morgan fingerprint density at radius 1 is 1.30 bits per heavy atom. The highest BCUT2D eigenvalue weighted by Crippen LogP contribution is 2.20. The summed E-state index contributed by atoms with van der Waals surface area (Å²) < 4.78 is 5.77. The van der Waals surface area contributed by atoms with Crippen molar-refractivity contribution in [1.82, 2.24) is 10.2 Å². The molecule has 1 N–H and O–H groups in total. The van der Waals surface area contributed by atoms with Crippen LogP contribution < -0.4 is 5.32 Å². The van der Waals surface area contributed by atoms with Crippen LogP contribution in [0.4, 0.5) is 0 Å². The van der Waals surface area contributed by atoms with Crippen molar-refractivity contribution >= 4 is 11.8 Å². The third-order valence-electron chi connectivity index (χ3n) is 4.34. The predicted octanol–water partition coefficient (Wildman–Crippen LogP) is 1.32. The van der Waals surface area contributed by atoms with Gasteiger partial charge >= 0.3 is 0 Å². The third-order valence-corrected chi connectivity index (χ3v) is 4.34. The summed E-state index contributed by atoms with van der Waals surface area (Å²) in [6.07, 6.45) is 7.62. The van der Waals surface area contributed by atoms with E-state index in [1.54, 1.807) is 11.9 Å². The minimum atomic E-state index is -0.159. The molecule has 2 aliphatic rings. The number of rotatable bonds is 5. The molecule has 114 valence electrons. The minimum Gasteiger partial charge on any atom is -0.376 e. The van der Waals surface area contributed by atoms with Crippen LogP contribution in [0.15, 0.2) is 0 Å². The monoisotopic (exact) mass is 282 g/mol. The fraction of sp³-hybridized carbons (Fsp3) is 0.867. The molecule has 20 heavy (non-hydrogen) atoms. The van der Waals surface area contributed by atoms with E-state index in [-0.39, 0.29) is 17.7 Å². The maximum Gasteiger partial charge on any atom is 0.223 e. The van der Waals surface area contributed by atoms with Crippen LogP contribution in [0.5, 0.6) is 0 Å². The van der Waals surface area contributed by atoms with Crippen LogP contribution >= 0.6 is 0 Å². The van der Waals surface area contributed by atoms with E-state index in [1.807, 2.05) is 0 Å². The maximum absolute atomic E-state index is 12.0. The Hall–Kier alpha value is -1.10. The van der Waals surface area contributed by atoms with Gasteiger partial charge in [0.15, 0.2) is 0 Å². The van der Waals surface area contributed by atoms with Crippen LogP contribution in [0.3, 0.4) is 0 Å². The summed E-state index contributed by atoms with van der Waals surface area (Å²) in [7, 11) is 1.79. The highest BCUT2D eigenvalue weighted by Gasteiger charge is 2.28. The van der Waals surface area contributed by atoms with Gasteiger partial charge in [-0.05, 0) is 19.3 Å². The van der Waals surface area contributed by atoms with Crippen molar-refractivity contribution < 1.29 is 14.3 Å². The molecule has 0 spiro atoms. The molecule has 0 aromatic carbocycles. The molecule has 0 unspecified atom stereocenters. The van der Waals surface area contributed by atoms with E-state index >= 15 is 0 Å². The smallest absolute Gasteiger partial charge is 0.223 e. The minimum absolute atomic E-state index is 0.00121. The number of nitrogens with one attached hydrogen (secondary N) is 1. The molecule has 5 heteroatoms. The molecule has 2 fully saturated rings. The van der Waals surface area contributed by atoms with Gasteiger partial charge in [0.25, 0.3) is 0 Å². The Balaban J connectivity index is 1.59. The molecule has 1 aliphatic carbocycles. The third kappa shape index (κ3) is 4.47. The molecule has 5 nitrogen and oxygen atoms in total. The first-order chi connectivity index (χ1) is 9.66. The Bertz CT molecular complexity index is 340. The summed E-state index contributed by atoms with van der Waals surface area (Å²) in [4.78, 5) is 25.2. The number of hydrogen-bond acceptors (Lipinski definition) is 3. The lowest BCUT2D eigenvalue weighted by molar-refractivity contribution is -0.139. The number of carbonyl (C=O) groups is 2. The Morgan fingerprint density at radius 2 is 2.05 bits per heavy atom. The fourth-order valence-electron chi connectivity index (χ4n) is 2.94. The molecule has 1 atom stereocenters. The molecule has 1 aliphatic heterocycles. The highest BCUT2D eigenvalue weighted by molar-refractivity contribution is 5.86. The average Bonchev–Trinajstić information content (AvgIpc) is 2.47. The van der Waals surface area contributed by atoms with Crippen LogP contribution in [-0.2, 0) is 14.3 Å². The molecule has 1 saturated carbocycles. The van der Waals surface area contributed by atoms with Gasteiger partial charge in [0, 0.05) is 32.5 Å². The van der Waals surface area contributed by atoms with E-state index in [2.05, 4.69) is 5.32 Å². The standard InChI is InChI=1S/C15H26N2O3/c1-17-9-7-12(11-14(17)18)15(19)16-8-10-20-13-5-3-2-4-6-13/h12-13H,2-11H2,1H3,(H,16,19)/t12-/m1/s1. The van der Waals surface area contributed by atoms with Gasteiger partial charge < -0.3 is 15.0 Å². The number of piperidine rings is 1. The van der Waals surface area contributed by atoms with Gasteiger partial charge in [-0.25, -0.2) is 0 Å². The van der Waals surface area contributed by atoms with Gasteiger partial charge in [0.05, 0.1) is 12.7 Å². The lowest BCUT2D eigenvalue weighted by atomic mass is 9.96. The molecule has 1 heterocycles. The number of hydrogen-bond donors (Lipinski definition) is 1. The molecule has 0 bridgehead atoms. The molecule has 0 aromatic heterocycles. The molecule has 0 radical (unpaired) electrons. The van der Waals surface area contributed by atoms with E-state index < -0.39 is 0 Å². The van der Waals surface area contributed by atoms with Crippen molar-refractivity contribution in [2.24, 2.45) is 5.92 Å². The lowest BCUT2D eigenvalue weighted by Gasteiger charge is -2.28. The van der Waals surface area contributed by atoms with Crippen molar-refractivity contribution in [3.8, 4) is 0 Å². The Labute approximate surface area is 121 Å². The normalized spacial score (nSPS) is 24.8. The van der Waals surface area contributed by atoms with Gasteiger partial charge in [0.2, 0.25) is 11.8 Å². The van der Waals surface area contributed by atoms with Crippen LogP contribution in [0, 0.1) is 5.92 Å². The molecular weight excluding hydrogens is 256 g/mol. The van der Waals surface area contributed by atoms with Crippen molar-refractivity contribution in [3.05, 3.63) is 0 Å². The Morgan fingerprint density at radius 3 is 2.75 bits per heavy atom. The second kappa shape index (κ2) is 7.62. The summed E-state index contributed by atoms with van der Waals surface area (Å²) in [6.45, 7) is 1.81. The zero-order valence-electron chi connectivity index (χ0n) is 12.4. The average molecular weight is 282 g/mol. The summed E-state index contributed by atoms with van der Waals surface area (Å²) >= 11 is 0. The number of amides is 2. The van der Waals surface area contributed by atoms with Gasteiger partial charge in [-0.1, -0.05) is 19.3 Å². The second-order valence-corrected chi connectivity index (χ2v) is 5.93. The quantitative estimate of drug-likeness (QED) is 0.774. The van der Waals surface area contributed by atoms with E-state index in [9.17, 15) is 9.59 Å². The summed E-state index contributed by atoms with van der Waals surface area (Å²) in [6, 6.07) is 0. The number of likely N-dealkylation sites (tertiary alicyclic amines) is 1. The van der Waals surface area contributed by atoms with E-state index in [0.29, 0.717) is 32.2 Å². The van der Waals surface area contributed by atoms with Crippen LogP contribution in [-0.4, -0.2) is 49.6 Å². The SMILES string of the molecule is CN1CC[C@@H](C(=O)NCCOC2CCCCC2)CC1=O. The maximum atomic E-state index is 12.0. The number of ether oxygens (including phenoxy) is 1. The van der Waals surface area contributed by atoms with E-state index in [0.717, 1.165) is 19.3 Å². The van der Waals surface area contributed by atoms with Crippen LogP contribution in [0.1, 0.15) is 44.9 Å². The van der Waals surface area contributed by atoms with Crippen molar-refractivity contribution in [2.75, 3.05) is 26.7 Å². The largest absolute Gasteiger partial charge is 0.376 e. The molecule has 0 aromatic rings.